The number of hydrogen-bond acceptors (Lipinski definition) is 6. The summed E-state index contributed by atoms with van der Waals surface area (Å²) in [6, 6.07) is 21.0. The average Bonchev–Trinajstić information content (AvgIpc) is 3.25. The number of amides is 2. The topological polar surface area (TPSA) is 98.1 Å². The molecular weight excluding hydrogens is 462 g/mol. The summed E-state index contributed by atoms with van der Waals surface area (Å²) in [7, 11) is 0. The van der Waals surface area contributed by atoms with Crippen molar-refractivity contribution in [3.8, 4) is 5.75 Å². The highest BCUT2D eigenvalue weighted by atomic mass is 32.2. The normalized spacial score (nSPS) is 10.8. The van der Waals surface area contributed by atoms with Gasteiger partial charge in [0.05, 0.1) is 18.8 Å². The van der Waals surface area contributed by atoms with Crippen LogP contribution in [-0.2, 0) is 22.6 Å². The number of thioether (sulfide) groups is 1. The Hall–Kier alpha value is -3.85. The summed E-state index contributed by atoms with van der Waals surface area (Å²) in [5.41, 5.74) is 1.43. The van der Waals surface area contributed by atoms with Gasteiger partial charge in [-0.15, -0.1) is 10.2 Å². The fourth-order valence-corrected chi connectivity index (χ4v) is 4.44. The smallest absolute Gasteiger partial charge is 0.234 e. The van der Waals surface area contributed by atoms with Gasteiger partial charge in [-0.05, 0) is 61.0 Å². The molecule has 9 heteroatoms. The molecule has 0 radical (unpaired) electrons. The van der Waals surface area contributed by atoms with E-state index >= 15 is 0 Å². The molecule has 2 N–H and O–H groups in total. The van der Waals surface area contributed by atoms with Crippen molar-refractivity contribution in [3.63, 3.8) is 0 Å². The van der Waals surface area contributed by atoms with Gasteiger partial charge >= 0.3 is 0 Å². The van der Waals surface area contributed by atoms with Crippen LogP contribution in [-0.4, -0.2) is 38.9 Å². The lowest BCUT2D eigenvalue weighted by Gasteiger charge is -2.09. The van der Waals surface area contributed by atoms with E-state index in [9.17, 15) is 9.59 Å². The number of rotatable bonds is 10. The Balaban J connectivity index is 1.32. The van der Waals surface area contributed by atoms with Gasteiger partial charge in [0.15, 0.2) is 5.16 Å². The molecule has 0 unspecified atom stereocenters. The van der Waals surface area contributed by atoms with Gasteiger partial charge < -0.3 is 19.9 Å². The molecule has 4 rings (SSSR count). The highest BCUT2D eigenvalue weighted by Crippen LogP contribution is 2.21. The molecule has 0 atom stereocenters. The van der Waals surface area contributed by atoms with Crippen LogP contribution >= 0.6 is 11.8 Å². The maximum absolute atomic E-state index is 12.5. The Kier molecular flexibility index (Phi) is 7.99. The van der Waals surface area contributed by atoms with Crippen LogP contribution in [0.1, 0.15) is 19.7 Å². The fourth-order valence-electron chi connectivity index (χ4n) is 3.62. The van der Waals surface area contributed by atoms with Crippen LogP contribution in [0.2, 0.25) is 0 Å². The van der Waals surface area contributed by atoms with Crippen LogP contribution < -0.4 is 15.4 Å². The highest BCUT2D eigenvalue weighted by Gasteiger charge is 2.16. The van der Waals surface area contributed by atoms with Gasteiger partial charge in [0.25, 0.3) is 0 Å². The molecule has 0 spiro atoms. The van der Waals surface area contributed by atoms with E-state index in [4.69, 9.17) is 4.74 Å². The van der Waals surface area contributed by atoms with Crippen molar-refractivity contribution in [2.24, 2.45) is 0 Å². The van der Waals surface area contributed by atoms with E-state index < -0.39 is 0 Å². The minimum Gasteiger partial charge on any atom is -0.494 e. The Labute approximate surface area is 208 Å². The lowest BCUT2D eigenvalue weighted by atomic mass is 10.1. The number of carbonyl (C=O) groups is 2. The molecule has 8 nitrogen and oxygen atoms in total. The summed E-state index contributed by atoms with van der Waals surface area (Å²) in [5.74, 6) is 1.16. The Morgan fingerprint density at radius 3 is 2.34 bits per heavy atom. The van der Waals surface area contributed by atoms with Crippen LogP contribution in [0, 0.1) is 0 Å². The molecule has 180 valence electrons. The standard InChI is InChI=1S/C26H27N5O3S/c1-3-31-23(16-24(32)27-20-11-13-22(14-12-20)34-4-2)29-30-26(31)35-17-25(33)28-21-10-9-18-7-5-6-8-19(18)15-21/h5-15H,3-4,16-17H2,1-2H3,(H,27,32)(H,28,33). The van der Waals surface area contributed by atoms with Crippen molar-refractivity contribution in [3.05, 3.63) is 72.6 Å². The van der Waals surface area contributed by atoms with Gasteiger partial charge in [0.1, 0.15) is 11.6 Å². The quantitative estimate of drug-likeness (QED) is 0.312. The molecule has 0 bridgehead atoms. The van der Waals surface area contributed by atoms with Gasteiger partial charge in [-0.2, -0.15) is 0 Å². The zero-order valence-electron chi connectivity index (χ0n) is 19.7. The third kappa shape index (κ3) is 6.39. The molecule has 1 heterocycles. The van der Waals surface area contributed by atoms with Gasteiger partial charge in [-0.25, -0.2) is 0 Å². The minimum absolute atomic E-state index is 0.0812. The van der Waals surface area contributed by atoms with E-state index in [-0.39, 0.29) is 24.0 Å². The van der Waals surface area contributed by atoms with Crippen LogP contribution in [0.3, 0.4) is 0 Å². The van der Waals surface area contributed by atoms with Crippen molar-refractivity contribution in [1.82, 2.24) is 14.8 Å². The number of hydrogen-bond donors (Lipinski definition) is 2. The highest BCUT2D eigenvalue weighted by molar-refractivity contribution is 7.99. The Morgan fingerprint density at radius 1 is 0.886 bits per heavy atom. The molecule has 0 aliphatic rings. The van der Waals surface area contributed by atoms with E-state index in [1.54, 1.807) is 12.1 Å². The first kappa shape index (κ1) is 24.3. The van der Waals surface area contributed by atoms with Crippen molar-refractivity contribution in [2.75, 3.05) is 23.0 Å². The summed E-state index contributed by atoms with van der Waals surface area (Å²) in [6.45, 7) is 5.05. The zero-order chi connectivity index (χ0) is 24.6. The number of carbonyl (C=O) groups excluding carboxylic acids is 2. The predicted molar refractivity (Wildman–Crippen MR) is 139 cm³/mol. The molecule has 35 heavy (non-hydrogen) atoms. The SMILES string of the molecule is CCOc1ccc(NC(=O)Cc2nnc(SCC(=O)Nc3ccc4ccccc4c3)n2CC)cc1. The monoisotopic (exact) mass is 489 g/mol. The van der Waals surface area contributed by atoms with Crippen molar-refractivity contribution in [1.29, 1.82) is 0 Å². The Bertz CT molecular complexity index is 1320. The summed E-state index contributed by atoms with van der Waals surface area (Å²) in [6.07, 6.45) is 0.0812. The maximum Gasteiger partial charge on any atom is 0.234 e. The maximum atomic E-state index is 12.5. The summed E-state index contributed by atoms with van der Waals surface area (Å²) >= 11 is 1.29. The molecule has 4 aromatic rings. The van der Waals surface area contributed by atoms with Gasteiger partial charge in [-0.3, -0.25) is 9.59 Å². The second kappa shape index (κ2) is 11.5. The van der Waals surface area contributed by atoms with Crippen LogP contribution in [0.15, 0.2) is 71.9 Å². The molecule has 0 fully saturated rings. The van der Waals surface area contributed by atoms with Crippen LogP contribution in [0.5, 0.6) is 5.75 Å². The van der Waals surface area contributed by atoms with E-state index in [0.717, 1.165) is 22.2 Å². The summed E-state index contributed by atoms with van der Waals surface area (Å²) in [5, 5.41) is 17.0. The number of fused-ring (bicyclic) bond motifs is 1. The number of anilines is 2. The predicted octanol–water partition coefficient (Wildman–Crippen LogP) is 4.76. The third-order valence-corrected chi connectivity index (χ3v) is 6.21. The molecule has 1 aromatic heterocycles. The zero-order valence-corrected chi connectivity index (χ0v) is 20.5. The summed E-state index contributed by atoms with van der Waals surface area (Å²) in [4.78, 5) is 25.0. The van der Waals surface area contributed by atoms with Crippen molar-refractivity contribution >= 4 is 45.7 Å². The van der Waals surface area contributed by atoms with E-state index in [1.165, 1.54) is 11.8 Å². The molecular formula is C26H27N5O3S. The number of ether oxygens (including phenoxy) is 1. The molecule has 0 aliphatic carbocycles. The lowest BCUT2D eigenvalue weighted by Crippen LogP contribution is -2.18. The Morgan fingerprint density at radius 2 is 1.60 bits per heavy atom. The van der Waals surface area contributed by atoms with Crippen molar-refractivity contribution in [2.45, 2.75) is 32.0 Å². The second-order valence-electron chi connectivity index (χ2n) is 7.72. The molecule has 3 aromatic carbocycles. The third-order valence-electron chi connectivity index (χ3n) is 5.24. The molecule has 0 saturated heterocycles. The first-order valence-corrected chi connectivity index (χ1v) is 12.4. The number of benzene rings is 3. The molecule has 0 aliphatic heterocycles. The first-order valence-electron chi connectivity index (χ1n) is 11.4. The van der Waals surface area contributed by atoms with Gasteiger partial charge in [0, 0.05) is 17.9 Å². The van der Waals surface area contributed by atoms with Crippen LogP contribution in [0.4, 0.5) is 11.4 Å². The molecule has 2 amide bonds. The van der Waals surface area contributed by atoms with E-state index in [0.29, 0.717) is 29.8 Å². The average molecular weight is 490 g/mol. The number of aromatic nitrogens is 3. The van der Waals surface area contributed by atoms with Crippen molar-refractivity contribution < 1.29 is 14.3 Å². The molecule has 0 saturated carbocycles. The largest absolute Gasteiger partial charge is 0.494 e. The first-order chi connectivity index (χ1) is 17.1. The summed E-state index contributed by atoms with van der Waals surface area (Å²) < 4.78 is 7.27. The fraction of sp³-hybridized carbons (Fsp3) is 0.231. The second-order valence-corrected chi connectivity index (χ2v) is 8.67. The lowest BCUT2D eigenvalue weighted by molar-refractivity contribution is -0.116. The van der Waals surface area contributed by atoms with Crippen LogP contribution in [0.25, 0.3) is 10.8 Å². The van der Waals surface area contributed by atoms with Gasteiger partial charge in [-0.1, -0.05) is 42.1 Å². The van der Waals surface area contributed by atoms with Gasteiger partial charge in [0.2, 0.25) is 11.8 Å². The van der Waals surface area contributed by atoms with E-state index in [1.807, 2.05) is 73.0 Å². The minimum atomic E-state index is -0.193. The van der Waals surface area contributed by atoms with E-state index in [2.05, 4.69) is 20.8 Å². The number of nitrogens with zero attached hydrogens (tertiary/aromatic N) is 3. The number of nitrogens with one attached hydrogen (secondary N) is 2.